The van der Waals surface area contributed by atoms with Crippen molar-refractivity contribution >= 4 is 5.91 Å². The molecule has 0 aromatic carbocycles. The van der Waals surface area contributed by atoms with E-state index in [-0.39, 0.29) is 5.91 Å². The molecule has 1 amide bonds. The van der Waals surface area contributed by atoms with Crippen molar-refractivity contribution in [2.45, 2.75) is 59.8 Å². The van der Waals surface area contributed by atoms with E-state index in [2.05, 4.69) is 31.3 Å². The second kappa shape index (κ2) is 11.1. The van der Waals surface area contributed by atoms with E-state index in [1.54, 1.807) is 0 Å². The van der Waals surface area contributed by atoms with Crippen molar-refractivity contribution < 1.29 is 4.79 Å². The summed E-state index contributed by atoms with van der Waals surface area (Å²) in [6, 6.07) is 0. The molecule has 0 aromatic heterocycles. The van der Waals surface area contributed by atoms with Gasteiger partial charge in [0.25, 0.3) is 0 Å². The molecule has 0 bridgehead atoms. The highest BCUT2D eigenvalue weighted by atomic mass is 16.1. The van der Waals surface area contributed by atoms with E-state index in [0.717, 1.165) is 19.4 Å². The number of hydrogen-bond acceptors (Lipinski definition) is 1. The molecule has 0 rings (SSSR count). The number of carbonyl (C=O) groups excluding carboxylic acids is 1. The lowest BCUT2D eigenvalue weighted by Crippen LogP contribution is -2.26. The maximum absolute atomic E-state index is 11.8. The van der Waals surface area contributed by atoms with Crippen molar-refractivity contribution in [1.82, 2.24) is 5.32 Å². The van der Waals surface area contributed by atoms with Gasteiger partial charge in [0.05, 0.1) is 0 Å². The Morgan fingerprint density at radius 1 is 1.22 bits per heavy atom. The Balaban J connectivity index is 4.15. The molecule has 0 aromatic rings. The van der Waals surface area contributed by atoms with Crippen LogP contribution in [0.2, 0.25) is 0 Å². The van der Waals surface area contributed by atoms with Gasteiger partial charge in [-0.2, -0.15) is 0 Å². The van der Waals surface area contributed by atoms with Crippen LogP contribution in [0.1, 0.15) is 59.8 Å². The van der Waals surface area contributed by atoms with Gasteiger partial charge in [-0.05, 0) is 38.2 Å². The molecule has 0 saturated carbocycles. The van der Waals surface area contributed by atoms with Crippen LogP contribution < -0.4 is 5.32 Å². The van der Waals surface area contributed by atoms with Crippen LogP contribution in [-0.2, 0) is 4.79 Å². The number of rotatable bonds is 9. The van der Waals surface area contributed by atoms with E-state index in [4.69, 9.17) is 0 Å². The number of amides is 1. The van der Waals surface area contributed by atoms with E-state index < -0.39 is 0 Å². The molecule has 0 aliphatic rings. The average molecular weight is 251 g/mol. The largest absolute Gasteiger partial charge is 0.356 e. The number of nitrogens with one attached hydrogen (secondary N) is 1. The van der Waals surface area contributed by atoms with Crippen LogP contribution in [0.25, 0.3) is 0 Å². The average Bonchev–Trinajstić information content (AvgIpc) is 2.38. The Morgan fingerprint density at radius 2 is 1.94 bits per heavy atom. The Kier molecular flexibility index (Phi) is 10.4. The third-order valence-electron chi connectivity index (χ3n) is 3.19. The number of allylic oxidation sites excluding steroid dienone is 4. The summed E-state index contributed by atoms with van der Waals surface area (Å²) in [5.41, 5.74) is 1.27. The summed E-state index contributed by atoms with van der Waals surface area (Å²) in [6.45, 7) is 9.18. The SMILES string of the molecule is CC=CC(=CC)C(CC)CC(=O)NCCCCC. The van der Waals surface area contributed by atoms with E-state index in [9.17, 15) is 4.79 Å². The molecule has 0 aliphatic carbocycles. The van der Waals surface area contributed by atoms with Gasteiger partial charge in [-0.25, -0.2) is 0 Å². The molecule has 1 unspecified atom stereocenters. The lowest BCUT2D eigenvalue weighted by molar-refractivity contribution is -0.121. The quantitative estimate of drug-likeness (QED) is 0.482. The van der Waals surface area contributed by atoms with Crippen LogP contribution >= 0.6 is 0 Å². The van der Waals surface area contributed by atoms with Gasteiger partial charge in [-0.3, -0.25) is 4.79 Å². The number of hydrogen-bond donors (Lipinski definition) is 1. The van der Waals surface area contributed by atoms with E-state index >= 15 is 0 Å². The lowest BCUT2D eigenvalue weighted by atomic mass is 9.92. The van der Waals surface area contributed by atoms with Crippen LogP contribution in [0.3, 0.4) is 0 Å². The molecular weight excluding hydrogens is 222 g/mol. The van der Waals surface area contributed by atoms with Crippen molar-refractivity contribution in [2.75, 3.05) is 6.54 Å². The van der Waals surface area contributed by atoms with Crippen molar-refractivity contribution in [3.8, 4) is 0 Å². The van der Waals surface area contributed by atoms with Crippen LogP contribution in [0.5, 0.6) is 0 Å². The fourth-order valence-corrected chi connectivity index (χ4v) is 2.06. The molecule has 1 atom stereocenters. The Labute approximate surface area is 113 Å². The maximum atomic E-state index is 11.8. The molecule has 0 saturated heterocycles. The predicted molar refractivity (Wildman–Crippen MR) is 79.5 cm³/mol. The highest BCUT2D eigenvalue weighted by Crippen LogP contribution is 2.20. The normalized spacial score (nSPS) is 13.9. The van der Waals surface area contributed by atoms with Gasteiger partial charge in [0.1, 0.15) is 0 Å². The molecule has 0 fully saturated rings. The van der Waals surface area contributed by atoms with Gasteiger partial charge in [-0.15, -0.1) is 0 Å². The first-order valence-corrected chi connectivity index (χ1v) is 7.25. The monoisotopic (exact) mass is 251 g/mol. The molecule has 0 heterocycles. The van der Waals surface area contributed by atoms with Gasteiger partial charge in [0, 0.05) is 13.0 Å². The summed E-state index contributed by atoms with van der Waals surface area (Å²) in [5.74, 6) is 0.527. The first-order chi connectivity index (χ1) is 8.69. The molecular formula is C16H29NO. The molecule has 0 spiro atoms. The Hall–Kier alpha value is -1.05. The van der Waals surface area contributed by atoms with Gasteiger partial charge in [0.2, 0.25) is 5.91 Å². The number of unbranched alkanes of at least 4 members (excludes halogenated alkanes) is 2. The fourth-order valence-electron chi connectivity index (χ4n) is 2.06. The first kappa shape index (κ1) is 16.9. The summed E-state index contributed by atoms with van der Waals surface area (Å²) >= 11 is 0. The van der Waals surface area contributed by atoms with Gasteiger partial charge >= 0.3 is 0 Å². The first-order valence-electron chi connectivity index (χ1n) is 7.25. The lowest BCUT2D eigenvalue weighted by Gasteiger charge is -2.16. The minimum atomic E-state index is 0.182. The van der Waals surface area contributed by atoms with Crippen LogP contribution in [0, 0.1) is 5.92 Å². The standard InChI is InChI=1S/C16H29NO/c1-5-9-10-12-17-16(18)13-15(8-4)14(7-3)11-6-2/h6-7,11,15H,5,8-10,12-13H2,1-4H3,(H,17,18). The van der Waals surface area contributed by atoms with Crippen molar-refractivity contribution in [2.24, 2.45) is 5.92 Å². The zero-order valence-corrected chi connectivity index (χ0v) is 12.5. The number of carbonyl (C=O) groups is 1. The molecule has 104 valence electrons. The van der Waals surface area contributed by atoms with Gasteiger partial charge in [0.15, 0.2) is 0 Å². The van der Waals surface area contributed by atoms with Gasteiger partial charge < -0.3 is 5.32 Å². The summed E-state index contributed by atoms with van der Waals surface area (Å²) < 4.78 is 0. The Morgan fingerprint density at radius 3 is 2.44 bits per heavy atom. The van der Waals surface area contributed by atoms with E-state index in [1.165, 1.54) is 18.4 Å². The summed E-state index contributed by atoms with van der Waals surface area (Å²) in [5, 5.41) is 3.01. The van der Waals surface area contributed by atoms with Crippen LogP contribution in [0.15, 0.2) is 23.8 Å². The highest BCUT2D eigenvalue weighted by Gasteiger charge is 2.13. The second-order valence-corrected chi connectivity index (χ2v) is 4.66. The second-order valence-electron chi connectivity index (χ2n) is 4.66. The third-order valence-corrected chi connectivity index (χ3v) is 3.19. The summed E-state index contributed by atoms with van der Waals surface area (Å²) in [7, 11) is 0. The molecule has 18 heavy (non-hydrogen) atoms. The Bertz CT molecular complexity index is 279. The smallest absolute Gasteiger partial charge is 0.220 e. The molecule has 2 nitrogen and oxygen atoms in total. The molecule has 0 radical (unpaired) electrons. The van der Waals surface area contributed by atoms with Crippen molar-refractivity contribution in [3.63, 3.8) is 0 Å². The summed E-state index contributed by atoms with van der Waals surface area (Å²) in [6.07, 6.45) is 11.3. The zero-order chi connectivity index (χ0) is 13.8. The minimum Gasteiger partial charge on any atom is -0.356 e. The molecule has 2 heteroatoms. The summed E-state index contributed by atoms with van der Waals surface area (Å²) in [4.78, 5) is 11.8. The van der Waals surface area contributed by atoms with Crippen molar-refractivity contribution in [3.05, 3.63) is 23.8 Å². The predicted octanol–water partition coefficient (Wildman–Crippen LogP) is 4.23. The van der Waals surface area contributed by atoms with Crippen LogP contribution in [0.4, 0.5) is 0 Å². The maximum Gasteiger partial charge on any atom is 0.220 e. The molecule has 1 N–H and O–H groups in total. The molecule has 0 aliphatic heterocycles. The van der Waals surface area contributed by atoms with Gasteiger partial charge in [-0.1, -0.05) is 44.9 Å². The van der Waals surface area contributed by atoms with Crippen molar-refractivity contribution in [1.29, 1.82) is 0 Å². The highest BCUT2D eigenvalue weighted by molar-refractivity contribution is 5.76. The fraction of sp³-hybridized carbons (Fsp3) is 0.688. The van der Waals surface area contributed by atoms with E-state index in [0.29, 0.717) is 12.3 Å². The topological polar surface area (TPSA) is 29.1 Å². The third kappa shape index (κ3) is 7.31. The van der Waals surface area contributed by atoms with Crippen LogP contribution in [-0.4, -0.2) is 12.5 Å². The minimum absolute atomic E-state index is 0.182. The van der Waals surface area contributed by atoms with E-state index in [1.807, 2.05) is 19.9 Å². The zero-order valence-electron chi connectivity index (χ0n) is 12.5.